The predicted molar refractivity (Wildman–Crippen MR) is 124 cm³/mol. The number of phenols is 1. The van der Waals surface area contributed by atoms with E-state index in [0.717, 1.165) is 38.0 Å². The molecule has 0 saturated carbocycles. The first kappa shape index (κ1) is 20.9. The summed E-state index contributed by atoms with van der Waals surface area (Å²) < 4.78 is 11.8. The summed E-state index contributed by atoms with van der Waals surface area (Å²) in [5.41, 5.74) is 2.20. The van der Waals surface area contributed by atoms with Gasteiger partial charge in [-0.25, -0.2) is 0 Å². The largest absolute Gasteiger partial charge is 0.508 e. The fourth-order valence-electron chi connectivity index (χ4n) is 3.85. The van der Waals surface area contributed by atoms with Gasteiger partial charge in [0.15, 0.2) is 0 Å². The smallest absolute Gasteiger partial charge is 0.200 e. The molecule has 1 heterocycles. The summed E-state index contributed by atoms with van der Waals surface area (Å²) in [6, 6.07) is 20.1. The van der Waals surface area contributed by atoms with Crippen LogP contribution in [0.3, 0.4) is 0 Å². The van der Waals surface area contributed by atoms with Crippen LogP contribution in [0.25, 0.3) is 21.9 Å². The molecule has 5 heteroatoms. The van der Waals surface area contributed by atoms with Gasteiger partial charge in [0.1, 0.15) is 22.7 Å². The first-order valence-corrected chi connectivity index (χ1v) is 10.7. The van der Waals surface area contributed by atoms with E-state index >= 15 is 0 Å². The fourth-order valence-corrected chi connectivity index (χ4v) is 3.85. The fraction of sp³-hybridized carbons (Fsp3) is 0.269. The molecule has 31 heavy (non-hydrogen) atoms. The third-order valence-electron chi connectivity index (χ3n) is 5.29. The van der Waals surface area contributed by atoms with Gasteiger partial charge >= 0.3 is 0 Å². The first-order chi connectivity index (χ1) is 15.1. The van der Waals surface area contributed by atoms with Gasteiger partial charge in [-0.2, -0.15) is 0 Å². The Hall–Kier alpha value is -3.31. The molecular formula is C26H27NO4. The summed E-state index contributed by atoms with van der Waals surface area (Å²) >= 11 is 0. The summed E-state index contributed by atoms with van der Waals surface area (Å²) in [5.74, 6) is 0.994. The van der Waals surface area contributed by atoms with Crippen molar-refractivity contribution in [3.8, 4) is 11.5 Å². The molecule has 0 aliphatic heterocycles. The van der Waals surface area contributed by atoms with E-state index < -0.39 is 0 Å². The van der Waals surface area contributed by atoms with Crippen LogP contribution in [-0.4, -0.2) is 29.7 Å². The van der Waals surface area contributed by atoms with Crippen molar-refractivity contribution in [1.29, 1.82) is 0 Å². The van der Waals surface area contributed by atoms with Crippen LogP contribution in [0.1, 0.15) is 25.3 Å². The standard InChI is InChI=1S/C26H27NO4/c1-2-13-27(18-19-7-5-8-20(28)16-19)14-6-15-30-21-11-12-23-25(17-21)31-24-10-4-3-9-22(24)26(23)29/h3-5,7-12,16-17,28H,2,6,13-15,18H2,1H3. The second kappa shape index (κ2) is 9.67. The zero-order chi connectivity index (χ0) is 21.6. The van der Waals surface area contributed by atoms with Gasteiger partial charge in [-0.15, -0.1) is 0 Å². The van der Waals surface area contributed by atoms with E-state index in [1.807, 2.05) is 36.4 Å². The van der Waals surface area contributed by atoms with Gasteiger partial charge < -0.3 is 14.3 Å². The van der Waals surface area contributed by atoms with Gasteiger partial charge in [0.25, 0.3) is 0 Å². The molecule has 0 aliphatic carbocycles. The Balaban J connectivity index is 1.38. The van der Waals surface area contributed by atoms with Crippen molar-refractivity contribution in [3.05, 3.63) is 82.5 Å². The molecule has 0 amide bonds. The average Bonchev–Trinajstić information content (AvgIpc) is 2.77. The molecule has 4 rings (SSSR count). The molecule has 0 saturated heterocycles. The molecule has 1 aromatic heterocycles. The van der Waals surface area contributed by atoms with Crippen molar-refractivity contribution >= 4 is 21.9 Å². The second-order valence-electron chi connectivity index (χ2n) is 7.73. The molecule has 160 valence electrons. The molecule has 0 atom stereocenters. The summed E-state index contributed by atoms with van der Waals surface area (Å²) in [4.78, 5) is 15.0. The Morgan fingerprint density at radius 3 is 2.61 bits per heavy atom. The minimum atomic E-state index is -0.0226. The highest BCUT2D eigenvalue weighted by Crippen LogP contribution is 2.23. The van der Waals surface area contributed by atoms with Gasteiger partial charge in [-0.3, -0.25) is 9.69 Å². The highest BCUT2D eigenvalue weighted by molar-refractivity contribution is 5.90. The van der Waals surface area contributed by atoms with Crippen LogP contribution >= 0.6 is 0 Å². The number of hydrogen-bond donors (Lipinski definition) is 1. The SMILES string of the molecule is CCCN(CCCOc1ccc2c(=O)c3ccccc3oc2c1)Cc1cccc(O)c1. The topological polar surface area (TPSA) is 62.9 Å². The van der Waals surface area contributed by atoms with E-state index in [-0.39, 0.29) is 5.43 Å². The molecule has 0 fully saturated rings. The third kappa shape index (κ3) is 5.06. The number of rotatable bonds is 9. The maximum Gasteiger partial charge on any atom is 0.200 e. The van der Waals surface area contributed by atoms with Gasteiger partial charge in [0.05, 0.1) is 17.4 Å². The lowest BCUT2D eigenvalue weighted by molar-refractivity contribution is 0.228. The number of hydrogen-bond acceptors (Lipinski definition) is 5. The number of para-hydroxylation sites is 1. The van der Waals surface area contributed by atoms with Crippen molar-refractivity contribution in [2.45, 2.75) is 26.3 Å². The Morgan fingerprint density at radius 1 is 0.935 bits per heavy atom. The van der Waals surface area contributed by atoms with Crippen molar-refractivity contribution in [2.75, 3.05) is 19.7 Å². The van der Waals surface area contributed by atoms with Gasteiger partial charge in [0.2, 0.25) is 5.43 Å². The Morgan fingerprint density at radius 2 is 1.77 bits per heavy atom. The third-order valence-corrected chi connectivity index (χ3v) is 5.29. The van der Waals surface area contributed by atoms with E-state index in [1.54, 1.807) is 30.3 Å². The molecule has 0 unspecified atom stereocenters. The lowest BCUT2D eigenvalue weighted by atomic mass is 10.1. The zero-order valence-corrected chi connectivity index (χ0v) is 17.7. The lowest BCUT2D eigenvalue weighted by Gasteiger charge is -2.22. The second-order valence-corrected chi connectivity index (χ2v) is 7.73. The number of fused-ring (bicyclic) bond motifs is 2. The van der Waals surface area contributed by atoms with Gasteiger partial charge in [-0.05, 0) is 61.3 Å². The number of nitrogens with zero attached hydrogens (tertiary/aromatic N) is 1. The molecule has 3 aromatic carbocycles. The normalized spacial score (nSPS) is 11.4. The molecule has 0 bridgehead atoms. The summed E-state index contributed by atoms with van der Waals surface area (Å²) in [7, 11) is 0. The Bertz CT molecular complexity index is 1230. The maximum atomic E-state index is 12.6. The molecule has 0 radical (unpaired) electrons. The average molecular weight is 418 g/mol. The molecule has 0 aliphatic rings. The van der Waals surface area contributed by atoms with Crippen LogP contribution in [0.4, 0.5) is 0 Å². The van der Waals surface area contributed by atoms with Crippen LogP contribution in [0.2, 0.25) is 0 Å². The molecule has 1 N–H and O–H groups in total. The summed E-state index contributed by atoms with van der Waals surface area (Å²) in [6.07, 6.45) is 1.94. The number of aromatic hydroxyl groups is 1. The molecular weight excluding hydrogens is 390 g/mol. The van der Waals surface area contributed by atoms with E-state index in [4.69, 9.17) is 9.15 Å². The van der Waals surface area contributed by atoms with Crippen molar-refractivity contribution in [2.24, 2.45) is 0 Å². The van der Waals surface area contributed by atoms with Crippen LogP contribution in [0, 0.1) is 0 Å². The van der Waals surface area contributed by atoms with Crippen molar-refractivity contribution < 1.29 is 14.3 Å². The number of benzene rings is 3. The maximum absolute atomic E-state index is 12.6. The summed E-state index contributed by atoms with van der Waals surface area (Å²) in [6.45, 7) is 5.43. The molecule has 5 nitrogen and oxygen atoms in total. The lowest BCUT2D eigenvalue weighted by Crippen LogP contribution is -2.26. The quantitative estimate of drug-likeness (QED) is 0.294. The van der Waals surface area contributed by atoms with Crippen molar-refractivity contribution in [3.63, 3.8) is 0 Å². The van der Waals surface area contributed by atoms with Crippen LogP contribution in [0.5, 0.6) is 11.5 Å². The van der Waals surface area contributed by atoms with Crippen molar-refractivity contribution in [1.82, 2.24) is 4.90 Å². The molecule has 0 spiro atoms. The highest BCUT2D eigenvalue weighted by atomic mass is 16.5. The zero-order valence-electron chi connectivity index (χ0n) is 17.7. The van der Waals surface area contributed by atoms with E-state index in [2.05, 4.69) is 11.8 Å². The monoisotopic (exact) mass is 417 g/mol. The van der Waals surface area contributed by atoms with E-state index in [9.17, 15) is 9.90 Å². The van der Waals surface area contributed by atoms with E-state index in [0.29, 0.717) is 40.0 Å². The van der Waals surface area contributed by atoms with E-state index in [1.165, 1.54) is 0 Å². The van der Waals surface area contributed by atoms with Crippen LogP contribution < -0.4 is 10.2 Å². The number of phenolic OH excluding ortho intramolecular Hbond substituents is 1. The molecule has 4 aromatic rings. The van der Waals surface area contributed by atoms with Gasteiger partial charge in [0, 0.05) is 19.2 Å². The minimum Gasteiger partial charge on any atom is -0.508 e. The minimum absolute atomic E-state index is 0.0226. The highest BCUT2D eigenvalue weighted by Gasteiger charge is 2.09. The predicted octanol–water partition coefficient (Wildman–Crippen LogP) is 5.33. The summed E-state index contributed by atoms with van der Waals surface area (Å²) in [5, 5.41) is 10.8. The first-order valence-electron chi connectivity index (χ1n) is 10.7. The van der Waals surface area contributed by atoms with Crippen LogP contribution in [0.15, 0.2) is 75.9 Å². The Kier molecular flexibility index (Phi) is 6.53. The number of ether oxygens (including phenoxy) is 1. The Labute approximate surface area is 181 Å². The van der Waals surface area contributed by atoms with Crippen LogP contribution in [-0.2, 0) is 6.54 Å². The van der Waals surface area contributed by atoms with Gasteiger partial charge in [-0.1, -0.05) is 31.2 Å².